The summed E-state index contributed by atoms with van der Waals surface area (Å²) in [6, 6.07) is 0. The van der Waals surface area contributed by atoms with Gasteiger partial charge >= 0.3 is 0 Å². The summed E-state index contributed by atoms with van der Waals surface area (Å²) in [7, 11) is 1.93. The molecular formula is C15H23N5S. The summed E-state index contributed by atoms with van der Waals surface area (Å²) in [4.78, 5) is 9.38. The molecule has 0 saturated heterocycles. The van der Waals surface area contributed by atoms with Gasteiger partial charge in [-0.15, -0.1) is 0 Å². The van der Waals surface area contributed by atoms with Crippen LogP contribution in [0, 0.1) is 0 Å². The molecule has 0 bridgehead atoms. The van der Waals surface area contributed by atoms with Gasteiger partial charge in [0.1, 0.15) is 11.6 Å². The molecule has 0 spiro atoms. The SMILES string of the molecule is CCNc1nc(CSC2CCCCC2)nc2c1cnn2C. The number of rotatable bonds is 5. The molecule has 0 amide bonds. The van der Waals surface area contributed by atoms with Gasteiger partial charge in [0, 0.05) is 18.8 Å². The molecule has 5 nitrogen and oxygen atoms in total. The Labute approximate surface area is 129 Å². The van der Waals surface area contributed by atoms with Crippen molar-refractivity contribution in [1.82, 2.24) is 19.7 Å². The molecule has 6 heteroatoms. The van der Waals surface area contributed by atoms with E-state index in [-0.39, 0.29) is 0 Å². The molecule has 1 fully saturated rings. The van der Waals surface area contributed by atoms with Gasteiger partial charge in [-0.1, -0.05) is 19.3 Å². The minimum absolute atomic E-state index is 0.784. The van der Waals surface area contributed by atoms with E-state index in [1.54, 1.807) is 0 Å². The molecule has 1 aliphatic rings. The maximum absolute atomic E-state index is 4.69. The van der Waals surface area contributed by atoms with E-state index in [1.807, 2.05) is 29.7 Å². The Morgan fingerprint density at radius 1 is 1.29 bits per heavy atom. The van der Waals surface area contributed by atoms with Gasteiger partial charge in [0.15, 0.2) is 5.65 Å². The van der Waals surface area contributed by atoms with Crippen LogP contribution in [-0.2, 0) is 12.8 Å². The molecule has 0 aromatic carbocycles. The Morgan fingerprint density at radius 2 is 2.10 bits per heavy atom. The van der Waals surface area contributed by atoms with Crippen molar-refractivity contribution in [3.8, 4) is 0 Å². The zero-order chi connectivity index (χ0) is 14.7. The largest absolute Gasteiger partial charge is 0.370 e. The minimum Gasteiger partial charge on any atom is -0.370 e. The average molecular weight is 305 g/mol. The lowest BCUT2D eigenvalue weighted by Gasteiger charge is -2.20. The van der Waals surface area contributed by atoms with Gasteiger partial charge in [-0.25, -0.2) is 9.97 Å². The smallest absolute Gasteiger partial charge is 0.163 e. The predicted molar refractivity (Wildman–Crippen MR) is 88.6 cm³/mol. The van der Waals surface area contributed by atoms with Crippen molar-refractivity contribution >= 4 is 28.6 Å². The molecule has 1 aliphatic carbocycles. The second kappa shape index (κ2) is 6.64. The van der Waals surface area contributed by atoms with Crippen molar-refractivity contribution in [3.63, 3.8) is 0 Å². The van der Waals surface area contributed by atoms with Crippen LogP contribution in [0.25, 0.3) is 11.0 Å². The summed E-state index contributed by atoms with van der Waals surface area (Å²) in [5.74, 6) is 2.72. The third-order valence-corrected chi connectivity index (χ3v) is 5.35. The Morgan fingerprint density at radius 3 is 2.86 bits per heavy atom. The van der Waals surface area contributed by atoms with Crippen molar-refractivity contribution < 1.29 is 0 Å². The number of hydrogen-bond acceptors (Lipinski definition) is 5. The topological polar surface area (TPSA) is 55.6 Å². The highest BCUT2D eigenvalue weighted by atomic mass is 32.2. The Hall–Kier alpha value is -1.30. The summed E-state index contributed by atoms with van der Waals surface area (Å²) in [5, 5.41) is 9.42. The van der Waals surface area contributed by atoms with Crippen molar-refractivity contribution in [2.75, 3.05) is 11.9 Å². The number of aromatic nitrogens is 4. The van der Waals surface area contributed by atoms with Gasteiger partial charge in [0.25, 0.3) is 0 Å². The predicted octanol–water partition coefficient (Wildman–Crippen LogP) is 3.36. The Kier molecular flexibility index (Phi) is 4.63. The van der Waals surface area contributed by atoms with E-state index in [9.17, 15) is 0 Å². The fraction of sp³-hybridized carbons (Fsp3) is 0.667. The van der Waals surface area contributed by atoms with Crippen LogP contribution >= 0.6 is 11.8 Å². The van der Waals surface area contributed by atoms with Gasteiger partial charge < -0.3 is 5.32 Å². The minimum atomic E-state index is 0.784. The first-order valence-corrected chi connectivity index (χ1v) is 8.87. The molecule has 2 heterocycles. The zero-order valence-electron chi connectivity index (χ0n) is 12.8. The van der Waals surface area contributed by atoms with Gasteiger partial charge in [-0.2, -0.15) is 16.9 Å². The van der Waals surface area contributed by atoms with Crippen molar-refractivity contribution in [1.29, 1.82) is 0 Å². The molecule has 2 aromatic rings. The maximum Gasteiger partial charge on any atom is 0.163 e. The van der Waals surface area contributed by atoms with E-state index in [4.69, 9.17) is 9.97 Å². The summed E-state index contributed by atoms with van der Waals surface area (Å²) < 4.78 is 1.83. The van der Waals surface area contributed by atoms with E-state index in [2.05, 4.69) is 17.3 Å². The molecule has 0 atom stereocenters. The number of anilines is 1. The molecule has 0 radical (unpaired) electrons. The third-order valence-electron chi connectivity index (χ3n) is 3.98. The van der Waals surface area contributed by atoms with Crippen molar-refractivity contribution in [2.24, 2.45) is 7.05 Å². The van der Waals surface area contributed by atoms with Crippen molar-refractivity contribution in [2.45, 2.75) is 50.0 Å². The molecule has 0 aliphatic heterocycles. The monoisotopic (exact) mass is 305 g/mol. The normalized spacial score (nSPS) is 16.5. The number of aryl methyl sites for hydroxylation is 1. The molecule has 2 aromatic heterocycles. The first-order chi connectivity index (χ1) is 10.3. The van der Waals surface area contributed by atoms with Crippen LogP contribution < -0.4 is 5.32 Å². The summed E-state index contributed by atoms with van der Waals surface area (Å²) in [5.41, 5.74) is 0.917. The lowest BCUT2D eigenvalue weighted by Crippen LogP contribution is -2.10. The highest BCUT2D eigenvalue weighted by molar-refractivity contribution is 7.99. The summed E-state index contributed by atoms with van der Waals surface area (Å²) in [6.07, 6.45) is 8.69. The number of thioether (sulfide) groups is 1. The molecule has 1 saturated carbocycles. The molecule has 0 unspecified atom stereocenters. The molecule has 114 valence electrons. The molecule has 21 heavy (non-hydrogen) atoms. The first-order valence-electron chi connectivity index (χ1n) is 7.82. The first kappa shape index (κ1) is 14.6. The van der Waals surface area contributed by atoms with Crippen LogP contribution in [0.15, 0.2) is 6.20 Å². The number of nitrogens with zero attached hydrogens (tertiary/aromatic N) is 4. The highest BCUT2D eigenvalue weighted by Gasteiger charge is 2.16. The molecule has 1 N–H and O–H groups in total. The fourth-order valence-electron chi connectivity index (χ4n) is 2.86. The van der Waals surface area contributed by atoms with E-state index in [0.29, 0.717) is 0 Å². The van der Waals surface area contributed by atoms with Crippen LogP contribution in [0.2, 0.25) is 0 Å². The van der Waals surface area contributed by atoms with E-state index >= 15 is 0 Å². The van der Waals surface area contributed by atoms with Gasteiger partial charge in [0.2, 0.25) is 0 Å². The number of hydrogen-bond donors (Lipinski definition) is 1. The van der Waals surface area contributed by atoms with Gasteiger partial charge in [-0.05, 0) is 19.8 Å². The van der Waals surface area contributed by atoms with Crippen molar-refractivity contribution in [3.05, 3.63) is 12.0 Å². The maximum atomic E-state index is 4.69. The summed E-state index contributed by atoms with van der Waals surface area (Å²) >= 11 is 2.01. The second-order valence-corrected chi connectivity index (χ2v) is 6.88. The fourth-order valence-corrected chi connectivity index (χ4v) is 4.04. The molecule has 3 rings (SSSR count). The Balaban J connectivity index is 1.79. The van der Waals surface area contributed by atoms with Gasteiger partial charge in [-0.3, -0.25) is 4.68 Å². The quantitative estimate of drug-likeness (QED) is 0.918. The second-order valence-electron chi connectivity index (χ2n) is 5.60. The standard InChI is InChI=1S/C15H23N5S/c1-3-16-14-12-9-17-20(2)15(12)19-13(18-14)10-21-11-7-5-4-6-8-11/h9,11H,3-8,10H2,1-2H3,(H,16,18,19). The molecular weight excluding hydrogens is 282 g/mol. The van der Waals surface area contributed by atoms with Crippen LogP contribution in [-0.4, -0.2) is 31.5 Å². The number of nitrogens with one attached hydrogen (secondary N) is 1. The van der Waals surface area contributed by atoms with E-state index in [0.717, 1.165) is 40.2 Å². The lowest BCUT2D eigenvalue weighted by molar-refractivity contribution is 0.516. The Bertz CT molecular complexity index is 603. The highest BCUT2D eigenvalue weighted by Crippen LogP contribution is 2.30. The zero-order valence-corrected chi connectivity index (χ0v) is 13.6. The van der Waals surface area contributed by atoms with E-state index < -0.39 is 0 Å². The van der Waals surface area contributed by atoms with Crippen LogP contribution in [0.4, 0.5) is 5.82 Å². The van der Waals surface area contributed by atoms with Crippen LogP contribution in [0.1, 0.15) is 44.9 Å². The van der Waals surface area contributed by atoms with Crippen LogP contribution in [0.5, 0.6) is 0 Å². The number of fused-ring (bicyclic) bond motifs is 1. The average Bonchev–Trinajstić information content (AvgIpc) is 2.88. The van der Waals surface area contributed by atoms with E-state index in [1.165, 1.54) is 32.1 Å². The van der Waals surface area contributed by atoms with Crippen LogP contribution in [0.3, 0.4) is 0 Å². The third kappa shape index (κ3) is 3.31. The lowest BCUT2D eigenvalue weighted by atomic mass is 10.0. The van der Waals surface area contributed by atoms with Gasteiger partial charge in [0.05, 0.1) is 17.3 Å². The summed E-state index contributed by atoms with van der Waals surface area (Å²) in [6.45, 7) is 2.94.